The molecule has 0 aliphatic rings. The summed E-state index contributed by atoms with van der Waals surface area (Å²) in [6, 6.07) is -1.91. The fourth-order valence-electron chi connectivity index (χ4n) is 0.976. The quantitative estimate of drug-likeness (QED) is 0.500. The number of hydrogen-bond donors (Lipinski definition) is 3. The van der Waals surface area contributed by atoms with Crippen LogP contribution in [0.2, 0.25) is 0 Å². The Kier molecular flexibility index (Phi) is 6.64. The van der Waals surface area contributed by atoms with Gasteiger partial charge in [-0.15, -0.1) is 0 Å². The van der Waals surface area contributed by atoms with Crippen molar-refractivity contribution in [3.8, 4) is 0 Å². The van der Waals surface area contributed by atoms with E-state index in [4.69, 9.17) is 10.2 Å². The topological polar surface area (TPSA) is 116 Å². The number of likely N-dealkylation sites (N-methyl/N-ethyl adjacent to an activating group) is 1. The Morgan fingerprint density at radius 1 is 1.41 bits per heavy atom. The molecular formula is C9H16N2O6. The minimum absolute atomic E-state index is 0.104. The van der Waals surface area contributed by atoms with Crippen molar-refractivity contribution >= 4 is 18.0 Å². The van der Waals surface area contributed by atoms with Gasteiger partial charge in [0, 0.05) is 20.1 Å². The molecule has 0 fully saturated rings. The minimum atomic E-state index is -1.25. The third kappa shape index (κ3) is 5.71. The maximum absolute atomic E-state index is 11.4. The Labute approximate surface area is 98.2 Å². The lowest BCUT2D eigenvalue weighted by Crippen LogP contribution is -2.48. The number of carboxylic acid groups (broad SMARTS) is 1. The van der Waals surface area contributed by atoms with E-state index < -0.39 is 24.0 Å². The van der Waals surface area contributed by atoms with Crippen LogP contribution >= 0.6 is 0 Å². The highest BCUT2D eigenvalue weighted by Gasteiger charge is 2.22. The molecular weight excluding hydrogens is 232 g/mol. The lowest BCUT2D eigenvalue weighted by Gasteiger charge is -2.19. The number of ether oxygens (including phenoxy) is 1. The lowest BCUT2D eigenvalue weighted by atomic mass is 10.2. The summed E-state index contributed by atoms with van der Waals surface area (Å²) < 4.78 is 4.35. The third-order valence-electron chi connectivity index (χ3n) is 1.95. The van der Waals surface area contributed by atoms with Gasteiger partial charge in [0.2, 0.25) is 0 Å². The first-order valence-electron chi connectivity index (χ1n) is 4.84. The number of aliphatic hydroxyl groups is 1. The van der Waals surface area contributed by atoms with E-state index in [1.54, 1.807) is 0 Å². The molecule has 2 amide bonds. The van der Waals surface area contributed by atoms with Gasteiger partial charge in [0.25, 0.3) is 0 Å². The maximum atomic E-state index is 11.4. The van der Waals surface area contributed by atoms with Crippen LogP contribution in [-0.4, -0.2) is 66.4 Å². The molecule has 8 nitrogen and oxygen atoms in total. The normalized spacial score (nSPS) is 11.5. The van der Waals surface area contributed by atoms with Gasteiger partial charge in [0.15, 0.2) is 0 Å². The predicted molar refractivity (Wildman–Crippen MR) is 56.3 cm³/mol. The Bertz CT molecular complexity index is 293. The number of rotatable bonds is 6. The SMILES string of the molecule is COC(=O)CN(C)C(=O)NC(CCO)C(=O)O. The number of esters is 1. The molecule has 0 radical (unpaired) electrons. The molecule has 0 bridgehead atoms. The Hall–Kier alpha value is -1.83. The average molecular weight is 248 g/mol. The molecule has 1 unspecified atom stereocenters. The molecule has 17 heavy (non-hydrogen) atoms. The molecule has 0 aromatic carbocycles. The van der Waals surface area contributed by atoms with Crippen LogP contribution in [0.1, 0.15) is 6.42 Å². The van der Waals surface area contributed by atoms with Crippen molar-refractivity contribution < 1.29 is 29.3 Å². The van der Waals surface area contributed by atoms with Crippen LogP contribution in [0.15, 0.2) is 0 Å². The van der Waals surface area contributed by atoms with E-state index in [1.165, 1.54) is 14.2 Å². The number of methoxy groups -OCH3 is 1. The molecule has 0 aliphatic carbocycles. The summed E-state index contributed by atoms with van der Waals surface area (Å²) in [7, 11) is 2.50. The second-order valence-electron chi connectivity index (χ2n) is 3.28. The van der Waals surface area contributed by atoms with Crippen molar-refractivity contribution in [2.45, 2.75) is 12.5 Å². The van der Waals surface area contributed by atoms with Gasteiger partial charge < -0.3 is 25.2 Å². The van der Waals surface area contributed by atoms with Gasteiger partial charge in [-0.05, 0) is 0 Å². The summed E-state index contributed by atoms with van der Waals surface area (Å²) in [5.41, 5.74) is 0. The van der Waals surface area contributed by atoms with Gasteiger partial charge in [0.1, 0.15) is 12.6 Å². The van der Waals surface area contributed by atoms with E-state index >= 15 is 0 Å². The van der Waals surface area contributed by atoms with Crippen LogP contribution in [0.4, 0.5) is 4.79 Å². The van der Waals surface area contributed by atoms with Crippen molar-refractivity contribution in [1.29, 1.82) is 0 Å². The number of hydrogen-bond acceptors (Lipinski definition) is 5. The molecule has 1 atom stereocenters. The van der Waals surface area contributed by atoms with Crippen molar-refractivity contribution in [2.24, 2.45) is 0 Å². The Balaban J connectivity index is 4.30. The van der Waals surface area contributed by atoms with Crippen molar-refractivity contribution in [1.82, 2.24) is 10.2 Å². The number of nitrogens with zero attached hydrogens (tertiary/aromatic N) is 1. The highest BCUT2D eigenvalue weighted by Crippen LogP contribution is 1.94. The third-order valence-corrected chi connectivity index (χ3v) is 1.95. The van der Waals surface area contributed by atoms with Crippen molar-refractivity contribution in [3.63, 3.8) is 0 Å². The van der Waals surface area contributed by atoms with E-state index in [9.17, 15) is 14.4 Å². The minimum Gasteiger partial charge on any atom is -0.480 e. The summed E-state index contributed by atoms with van der Waals surface area (Å²) in [5, 5.41) is 19.5. The number of amides is 2. The molecule has 0 aromatic heterocycles. The van der Waals surface area contributed by atoms with Crippen LogP contribution in [0, 0.1) is 0 Å². The molecule has 0 heterocycles. The summed E-state index contributed by atoms with van der Waals surface area (Å²) in [5.74, 6) is -1.87. The first kappa shape index (κ1) is 15.2. The van der Waals surface area contributed by atoms with Gasteiger partial charge in [0.05, 0.1) is 7.11 Å². The van der Waals surface area contributed by atoms with Crippen LogP contribution in [-0.2, 0) is 14.3 Å². The molecule has 0 spiro atoms. The average Bonchev–Trinajstić information content (AvgIpc) is 2.27. The van der Waals surface area contributed by atoms with E-state index in [0.717, 1.165) is 4.90 Å². The number of carbonyl (C=O) groups excluding carboxylic acids is 2. The van der Waals surface area contributed by atoms with Crippen molar-refractivity contribution in [2.75, 3.05) is 27.3 Å². The molecule has 8 heteroatoms. The number of aliphatic hydroxyl groups excluding tert-OH is 1. The Morgan fingerprint density at radius 3 is 2.41 bits per heavy atom. The van der Waals surface area contributed by atoms with Gasteiger partial charge in [-0.3, -0.25) is 4.79 Å². The number of aliphatic carboxylic acids is 1. The second-order valence-corrected chi connectivity index (χ2v) is 3.28. The van der Waals surface area contributed by atoms with E-state index in [2.05, 4.69) is 10.1 Å². The van der Waals surface area contributed by atoms with Gasteiger partial charge in [-0.2, -0.15) is 0 Å². The van der Waals surface area contributed by atoms with Gasteiger partial charge in [-0.25, -0.2) is 9.59 Å². The van der Waals surface area contributed by atoms with Gasteiger partial charge >= 0.3 is 18.0 Å². The number of carbonyl (C=O) groups is 3. The number of nitrogens with one attached hydrogen (secondary N) is 1. The molecule has 0 saturated carbocycles. The predicted octanol–water partition coefficient (Wildman–Crippen LogP) is -1.36. The fourth-order valence-corrected chi connectivity index (χ4v) is 0.976. The summed E-state index contributed by atoms with van der Waals surface area (Å²) >= 11 is 0. The monoisotopic (exact) mass is 248 g/mol. The first-order valence-corrected chi connectivity index (χ1v) is 4.84. The largest absolute Gasteiger partial charge is 0.480 e. The van der Waals surface area contributed by atoms with Crippen LogP contribution in [0.3, 0.4) is 0 Å². The van der Waals surface area contributed by atoms with Crippen LogP contribution < -0.4 is 5.32 Å². The smallest absolute Gasteiger partial charge is 0.326 e. The number of carboxylic acids is 1. The lowest BCUT2D eigenvalue weighted by molar-refractivity contribution is -0.141. The van der Waals surface area contributed by atoms with Crippen LogP contribution in [0.5, 0.6) is 0 Å². The highest BCUT2D eigenvalue weighted by atomic mass is 16.5. The van der Waals surface area contributed by atoms with Crippen molar-refractivity contribution in [3.05, 3.63) is 0 Å². The van der Waals surface area contributed by atoms with E-state index in [-0.39, 0.29) is 19.6 Å². The second kappa shape index (κ2) is 7.44. The Morgan fingerprint density at radius 2 is 2.00 bits per heavy atom. The summed E-state index contributed by atoms with van der Waals surface area (Å²) in [6.45, 7) is -0.647. The van der Waals surface area contributed by atoms with Crippen LogP contribution in [0.25, 0.3) is 0 Å². The molecule has 0 saturated heterocycles. The fraction of sp³-hybridized carbons (Fsp3) is 0.667. The molecule has 0 rings (SSSR count). The van der Waals surface area contributed by atoms with E-state index in [0.29, 0.717) is 0 Å². The molecule has 3 N–H and O–H groups in total. The number of urea groups is 1. The first-order chi connectivity index (χ1) is 7.92. The zero-order valence-electron chi connectivity index (χ0n) is 9.67. The highest BCUT2D eigenvalue weighted by molar-refractivity contribution is 5.84. The zero-order valence-corrected chi connectivity index (χ0v) is 9.67. The molecule has 0 aromatic rings. The summed E-state index contributed by atoms with van der Waals surface area (Å²) in [6.07, 6.45) is -0.104. The summed E-state index contributed by atoms with van der Waals surface area (Å²) in [4.78, 5) is 34.0. The van der Waals surface area contributed by atoms with E-state index in [1.807, 2.05) is 0 Å². The maximum Gasteiger partial charge on any atom is 0.326 e. The molecule has 0 aliphatic heterocycles. The zero-order chi connectivity index (χ0) is 13.4. The standard InChI is InChI=1S/C9H16N2O6/c1-11(5-7(13)17-2)9(16)10-6(3-4-12)8(14)15/h6,12H,3-5H2,1-2H3,(H,10,16)(H,14,15). The molecule has 98 valence electrons. The van der Waals surface area contributed by atoms with Gasteiger partial charge in [-0.1, -0.05) is 0 Å².